The Morgan fingerprint density at radius 3 is 1.85 bits per heavy atom. The Kier molecular flexibility index (Phi) is 5.24. The van der Waals surface area contributed by atoms with E-state index in [1.807, 2.05) is 31.3 Å². The van der Waals surface area contributed by atoms with Crippen LogP contribution in [0.5, 0.6) is 11.5 Å². The van der Waals surface area contributed by atoms with E-state index < -0.39 is 0 Å². The van der Waals surface area contributed by atoms with Crippen molar-refractivity contribution in [2.75, 3.05) is 25.6 Å². The van der Waals surface area contributed by atoms with Crippen molar-refractivity contribution in [1.82, 2.24) is 0 Å². The molecule has 0 amide bonds. The second kappa shape index (κ2) is 7.38. The second-order valence-electron chi connectivity index (χ2n) is 4.28. The number of rotatable bonds is 7. The Bertz CT molecular complexity index is 511. The van der Waals surface area contributed by atoms with Crippen LogP contribution in [-0.2, 0) is 0 Å². The van der Waals surface area contributed by atoms with Gasteiger partial charge in [-0.1, -0.05) is 0 Å². The molecule has 106 valence electrons. The predicted octanol–water partition coefficient (Wildman–Crippen LogP) is 3.72. The smallest absolute Gasteiger partial charge is 0.123 e. The number of anilines is 1. The van der Waals surface area contributed by atoms with Gasteiger partial charge in [0.15, 0.2) is 0 Å². The van der Waals surface area contributed by atoms with Gasteiger partial charge < -0.3 is 14.8 Å². The first-order valence-corrected chi connectivity index (χ1v) is 6.57. The number of nitrogens with one attached hydrogen (secondary N) is 1. The van der Waals surface area contributed by atoms with Gasteiger partial charge in [-0.3, -0.25) is 0 Å². The highest BCUT2D eigenvalue weighted by molar-refractivity contribution is 5.45. The van der Waals surface area contributed by atoms with Crippen LogP contribution in [-0.4, -0.2) is 20.3 Å². The van der Waals surface area contributed by atoms with Crippen LogP contribution in [0.4, 0.5) is 10.1 Å². The highest BCUT2D eigenvalue weighted by Gasteiger charge is 1.97. The summed E-state index contributed by atoms with van der Waals surface area (Å²) in [7, 11) is 1.88. The van der Waals surface area contributed by atoms with Crippen molar-refractivity contribution in [1.29, 1.82) is 0 Å². The van der Waals surface area contributed by atoms with Gasteiger partial charge in [-0.25, -0.2) is 4.39 Å². The summed E-state index contributed by atoms with van der Waals surface area (Å²) in [4.78, 5) is 0. The van der Waals surface area contributed by atoms with E-state index in [0.29, 0.717) is 19.0 Å². The molecule has 0 fully saturated rings. The van der Waals surface area contributed by atoms with Gasteiger partial charge in [0.2, 0.25) is 0 Å². The zero-order chi connectivity index (χ0) is 14.2. The quantitative estimate of drug-likeness (QED) is 0.781. The molecule has 0 radical (unpaired) electrons. The Hall–Kier alpha value is -2.23. The molecular formula is C16H18FNO2. The summed E-state index contributed by atoms with van der Waals surface area (Å²) in [6.45, 7) is 1.13. The molecule has 0 aliphatic heterocycles. The summed E-state index contributed by atoms with van der Waals surface area (Å²) >= 11 is 0. The van der Waals surface area contributed by atoms with Crippen LogP contribution in [0.15, 0.2) is 48.5 Å². The fraction of sp³-hybridized carbons (Fsp3) is 0.250. The molecule has 20 heavy (non-hydrogen) atoms. The summed E-state index contributed by atoms with van der Waals surface area (Å²) in [6.07, 6.45) is 0.769. The molecule has 0 bridgehead atoms. The number of hydrogen-bond donors (Lipinski definition) is 1. The molecule has 0 unspecified atom stereocenters. The summed E-state index contributed by atoms with van der Waals surface area (Å²) in [6, 6.07) is 13.8. The topological polar surface area (TPSA) is 30.5 Å². The maximum Gasteiger partial charge on any atom is 0.123 e. The van der Waals surface area contributed by atoms with Crippen molar-refractivity contribution < 1.29 is 13.9 Å². The fourth-order valence-electron chi connectivity index (χ4n) is 1.69. The molecule has 0 aliphatic rings. The van der Waals surface area contributed by atoms with Crippen molar-refractivity contribution in [3.63, 3.8) is 0 Å². The predicted molar refractivity (Wildman–Crippen MR) is 78.0 cm³/mol. The first kappa shape index (κ1) is 14.2. The SMILES string of the molecule is CNc1ccc(OCCCOc2ccc(F)cc2)cc1. The third-order valence-corrected chi connectivity index (χ3v) is 2.78. The lowest BCUT2D eigenvalue weighted by molar-refractivity contribution is 0.247. The van der Waals surface area contributed by atoms with E-state index in [0.717, 1.165) is 17.9 Å². The van der Waals surface area contributed by atoms with E-state index in [9.17, 15) is 4.39 Å². The number of hydrogen-bond acceptors (Lipinski definition) is 3. The monoisotopic (exact) mass is 275 g/mol. The molecule has 0 saturated carbocycles. The van der Waals surface area contributed by atoms with E-state index in [4.69, 9.17) is 9.47 Å². The molecule has 0 atom stereocenters. The van der Waals surface area contributed by atoms with Gasteiger partial charge in [-0.05, 0) is 48.5 Å². The Balaban J connectivity index is 1.64. The molecule has 0 aromatic heterocycles. The van der Waals surface area contributed by atoms with Crippen LogP contribution in [0.3, 0.4) is 0 Å². The van der Waals surface area contributed by atoms with Gasteiger partial charge in [-0.2, -0.15) is 0 Å². The minimum absolute atomic E-state index is 0.259. The zero-order valence-electron chi connectivity index (χ0n) is 11.4. The van der Waals surface area contributed by atoms with Gasteiger partial charge in [0.25, 0.3) is 0 Å². The van der Waals surface area contributed by atoms with Gasteiger partial charge in [0.05, 0.1) is 13.2 Å². The Morgan fingerprint density at radius 1 is 0.850 bits per heavy atom. The Labute approximate surface area is 118 Å². The molecule has 0 spiro atoms. The maximum atomic E-state index is 12.7. The number of benzene rings is 2. The van der Waals surface area contributed by atoms with Crippen molar-refractivity contribution in [3.8, 4) is 11.5 Å². The molecular weight excluding hydrogens is 257 g/mol. The average molecular weight is 275 g/mol. The van der Waals surface area contributed by atoms with E-state index in [1.165, 1.54) is 12.1 Å². The largest absolute Gasteiger partial charge is 0.493 e. The molecule has 0 saturated heterocycles. The van der Waals surface area contributed by atoms with Crippen LogP contribution in [0, 0.1) is 5.82 Å². The lowest BCUT2D eigenvalue weighted by Crippen LogP contribution is -2.05. The summed E-state index contributed by atoms with van der Waals surface area (Å²) in [5.74, 6) is 1.25. The number of ether oxygens (including phenoxy) is 2. The van der Waals surface area contributed by atoms with Gasteiger partial charge in [-0.15, -0.1) is 0 Å². The molecule has 1 N–H and O–H groups in total. The van der Waals surface area contributed by atoms with Gasteiger partial charge in [0.1, 0.15) is 17.3 Å². The first-order valence-electron chi connectivity index (χ1n) is 6.57. The first-order chi connectivity index (χ1) is 9.78. The standard InChI is InChI=1S/C16H18FNO2/c1-18-14-5-9-16(10-6-14)20-12-2-11-19-15-7-3-13(17)4-8-15/h3-10,18H,2,11-12H2,1H3. The minimum Gasteiger partial charge on any atom is -0.493 e. The average Bonchev–Trinajstić information content (AvgIpc) is 2.49. The summed E-state index contributed by atoms with van der Waals surface area (Å²) in [5, 5.41) is 3.05. The molecule has 0 heterocycles. The van der Waals surface area contributed by atoms with Crippen molar-refractivity contribution in [2.45, 2.75) is 6.42 Å². The zero-order valence-corrected chi connectivity index (χ0v) is 11.4. The lowest BCUT2D eigenvalue weighted by Gasteiger charge is -2.08. The van der Waals surface area contributed by atoms with Crippen molar-refractivity contribution >= 4 is 5.69 Å². The summed E-state index contributed by atoms with van der Waals surface area (Å²) < 4.78 is 23.8. The molecule has 2 rings (SSSR count). The third kappa shape index (κ3) is 4.46. The van der Waals surface area contributed by atoms with E-state index in [-0.39, 0.29) is 5.82 Å². The maximum absolute atomic E-state index is 12.7. The van der Waals surface area contributed by atoms with Crippen LogP contribution in [0.25, 0.3) is 0 Å². The van der Waals surface area contributed by atoms with Gasteiger partial charge >= 0.3 is 0 Å². The summed E-state index contributed by atoms with van der Waals surface area (Å²) in [5.41, 5.74) is 1.05. The van der Waals surface area contributed by atoms with E-state index >= 15 is 0 Å². The van der Waals surface area contributed by atoms with Crippen LogP contribution >= 0.6 is 0 Å². The van der Waals surface area contributed by atoms with Crippen LogP contribution in [0.2, 0.25) is 0 Å². The number of halogens is 1. The normalized spacial score (nSPS) is 10.1. The molecule has 0 aliphatic carbocycles. The highest BCUT2D eigenvalue weighted by Crippen LogP contribution is 2.15. The lowest BCUT2D eigenvalue weighted by atomic mass is 10.3. The van der Waals surface area contributed by atoms with Crippen molar-refractivity contribution in [2.24, 2.45) is 0 Å². The van der Waals surface area contributed by atoms with E-state index in [1.54, 1.807) is 12.1 Å². The van der Waals surface area contributed by atoms with Crippen LogP contribution < -0.4 is 14.8 Å². The van der Waals surface area contributed by atoms with Crippen molar-refractivity contribution in [3.05, 3.63) is 54.3 Å². The third-order valence-electron chi connectivity index (χ3n) is 2.78. The molecule has 2 aromatic carbocycles. The molecule has 3 nitrogen and oxygen atoms in total. The fourth-order valence-corrected chi connectivity index (χ4v) is 1.69. The van der Waals surface area contributed by atoms with Crippen LogP contribution in [0.1, 0.15) is 6.42 Å². The molecule has 2 aromatic rings. The Morgan fingerprint density at radius 2 is 1.35 bits per heavy atom. The molecule has 4 heteroatoms. The highest BCUT2D eigenvalue weighted by atomic mass is 19.1. The van der Waals surface area contributed by atoms with E-state index in [2.05, 4.69) is 5.32 Å². The minimum atomic E-state index is -0.259. The van der Waals surface area contributed by atoms with Gasteiger partial charge in [0, 0.05) is 19.2 Å². The second-order valence-corrected chi connectivity index (χ2v) is 4.28.